The normalized spacial score (nSPS) is 11.1. The van der Waals surface area contributed by atoms with Gasteiger partial charge in [-0.25, -0.2) is 4.98 Å². The third-order valence-electron chi connectivity index (χ3n) is 3.08. The van der Waals surface area contributed by atoms with Gasteiger partial charge in [0.1, 0.15) is 17.3 Å². The first kappa shape index (κ1) is 12.7. The predicted molar refractivity (Wildman–Crippen MR) is 73.2 cm³/mol. The Kier molecular flexibility index (Phi) is 3.69. The summed E-state index contributed by atoms with van der Waals surface area (Å²) < 4.78 is 4.00. The van der Waals surface area contributed by atoms with Crippen LogP contribution < -0.4 is 5.73 Å². The Labute approximate surface area is 108 Å². The minimum Gasteiger partial charge on any atom is -0.383 e. The second-order valence-electron chi connectivity index (χ2n) is 4.35. The van der Waals surface area contributed by atoms with Gasteiger partial charge in [0.05, 0.1) is 6.20 Å². The number of anilines is 1. The molecule has 0 aliphatic carbocycles. The molecule has 18 heavy (non-hydrogen) atoms. The van der Waals surface area contributed by atoms with Crippen LogP contribution in [0.4, 0.5) is 5.82 Å². The molecule has 5 nitrogen and oxygen atoms in total. The summed E-state index contributed by atoms with van der Waals surface area (Å²) in [6, 6.07) is 0. The fraction of sp³-hybridized carbons (Fsp3) is 0.538. The molecular formula is C13H21N5. The number of nitrogens with zero attached hydrogens (tertiary/aromatic N) is 4. The average molecular weight is 247 g/mol. The number of aryl methyl sites for hydroxylation is 2. The molecule has 2 N–H and O–H groups in total. The molecule has 0 unspecified atom stereocenters. The molecule has 0 spiro atoms. The standard InChI is InChI=1S/C13H21N5/c1-4-7-18-11(5-2)16-12(13(18)14)10-8-15-17(6-3)9-10/h8-9H,4-7,14H2,1-3H3. The van der Waals surface area contributed by atoms with Gasteiger partial charge in [0, 0.05) is 31.3 Å². The molecule has 2 aromatic heterocycles. The molecule has 0 aliphatic rings. The SMILES string of the molecule is CCCn1c(CC)nc(-c2cnn(CC)c2)c1N. The number of imidazole rings is 1. The molecule has 0 radical (unpaired) electrons. The minimum absolute atomic E-state index is 0.754. The Bertz CT molecular complexity index is 523. The van der Waals surface area contributed by atoms with E-state index in [9.17, 15) is 0 Å². The van der Waals surface area contributed by atoms with E-state index in [0.29, 0.717) is 0 Å². The maximum Gasteiger partial charge on any atom is 0.131 e. The lowest BCUT2D eigenvalue weighted by atomic mass is 10.2. The van der Waals surface area contributed by atoms with Crippen molar-refractivity contribution in [3.8, 4) is 11.3 Å². The first-order chi connectivity index (χ1) is 8.71. The fourth-order valence-corrected chi connectivity index (χ4v) is 2.13. The van der Waals surface area contributed by atoms with Crippen LogP contribution in [0.25, 0.3) is 11.3 Å². The summed E-state index contributed by atoms with van der Waals surface area (Å²) in [4.78, 5) is 4.65. The van der Waals surface area contributed by atoms with Crippen LogP contribution in [0.2, 0.25) is 0 Å². The van der Waals surface area contributed by atoms with Gasteiger partial charge in [-0.3, -0.25) is 4.68 Å². The van der Waals surface area contributed by atoms with Crippen LogP contribution in [-0.2, 0) is 19.5 Å². The molecule has 2 rings (SSSR count). The Morgan fingerprint density at radius 2 is 2.06 bits per heavy atom. The van der Waals surface area contributed by atoms with Crippen molar-refractivity contribution in [1.82, 2.24) is 19.3 Å². The van der Waals surface area contributed by atoms with Crippen molar-refractivity contribution < 1.29 is 0 Å². The molecule has 0 amide bonds. The summed E-state index contributed by atoms with van der Waals surface area (Å²) >= 11 is 0. The highest BCUT2D eigenvalue weighted by atomic mass is 15.3. The second kappa shape index (κ2) is 5.25. The van der Waals surface area contributed by atoms with Crippen LogP contribution in [0.5, 0.6) is 0 Å². The second-order valence-corrected chi connectivity index (χ2v) is 4.35. The Balaban J connectivity index is 2.44. The topological polar surface area (TPSA) is 61.7 Å². The van der Waals surface area contributed by atoms with Gasteiger partial charge in [-0.2, -0.15) is 5.10 Å². The molecule has 5 heteroatoms. The van der Waals surface area contributed by atoms with Crippen molar-refractivity contribution in [2.45, 2.75) is 46.7 Å². The van der Waals surface area contributed by atoms with Gasteiger partial charge in [0.15, 0.2) is 0 Å². The minimum atomic E-state index is 0.754. The van der Waals surface area contributed by atoms with Gasteiger partial charge < -0.3 is 10.3 Å². The van der Waals surface area contributed by atoms with Crippen LogP contribution in [-0.4, -0.2) is 19.3 Å². The van der Waals surface area contributed by atoms with Crippen molar-refractivity contribution in [3.05, 3.63) is 18.2 Å². The van der Waals surface area contributed by atoms with E-state index in [1.54, 1.807) is 0 Å². The van der Waals surface area contributed by atoms with Crippen LogP contribution in [0, 0.1) is 0 Å². The van der Waals surface area contributed by atoms with Crippen molar-refractivity contribution in [1.29, 1.82) is 0 Å². The van der Waals surface area contributed by atoms with Crippen molar-refractivity contribution in [2.24, 2.45) is 0 Å². The molecule has 0 saturated heterocycles. The van der Waals surface area contributed by atoms with E-state index in [4.69, 9.17) is 5.73 Å². The molecule has 0 saturated carbocycles. The Morgan fingerprint density at radius 3 is 2.61 bits per heavy atom. The van der Waals surface area contributed by atoms with E-state index >= 15 is 0 Å². The molecule has 0 fully saturated rings. The Morgan fingerprint density at radius 1 is 1.28 bits per heavy atom. The van der Waals surface area contributed by atoms with E-state index in [-0.39, 0.29) is 0 Å². The van der Waals surface area contributed by atoms with Gasteiger partial charge in [-0.05, 0) is 13.3 Å². The summed E-state index contributed by atoms with van der Waals surface area (Å²) in [7, 11) is 0. The van der Waals surface area contributed by atoms with Gasteiger partial charge in [0.25, 0.3) is 0 Å². The Hall–Kier alpha value is -1.78. The van der Waals surface area contributed by atoms with E-state index < -0.39 is 0 Å². The summed E-state index contributed by atoms with van der Waals surface area (Å²) in [6.45, 7) is 8.09. The van der Waals surface area contributed by atoms with Crippen LogP contribution in [0.15, 0.2) is 12.4 Å². The molecule has 2 aromatic rings. The maximum atomic E-state index is 6.21. The lowest BCUT2D eigenvalue weighted by Gasteiger charge is -2.06. The summed E-state index contributed by atoms with van der Waals surface area (Å²) in [5.74, 6) is 1.80. The van der Waals surface area contributed by atoms with Gasteiger partial charge in [-0.1, -0.05) is 13.8 Å². The zero-order valence-corrected chi connectivity index (χ0v) is 11.3. The third kappa shape index (κ3) is 2.12. The van der Waals surface area contributed by atoms with Crippen molar-refractivity contribution in [2.75, 3.05) is 5.73 Å². The smallest absolute Gasteiger partial charge is 0.131 e. The zero-order valence-electron chi connectivity index (χ0n) is 11.3. The quantitative estimate of drug-likeness (QED) is 0.882. The maximum absolute atomic E-state index is 6.21. The highest BCUT2D eigenvalue weighted by Gasteiger charge is 2.15. The third-order valence-corrected chi connectivity index (χ3v) is 3.08. The predicted octanol–water partition coefficient (Wildman–Crippen LogP) is 2.32. The lowest BCUT2D eigenvalue weighted by molar-refractivity contribution is 0.650. The van der Waals surface area contributed by atoms with Gasteiger partial charge in [-0.15, -0.1) is 0 Å². The first-order valence-electron chi connectivity index (χ1n) is 6.58. The van der Waals surface area contributed by atoms with Crippen LogP contribution in [0.1, 0.15) is 33.0 Å². The van der Waals surface area contributed by atoms with Crippen molar-refractivity contribution >= 4 is 5.82 Å². The molecule has 0 bridgehead atoms. The largest absolute Gasteiger partial charge is 0.383 e. The number of nitrogen functional groups attached to an aromatic ring is 1. The molecule has 0 aliphatic heterocycles. The highest BCUT2D eigenvalue weighted by molar-refractivity contribution is 5.69. The lowest BCUT2D eigenvalue weighted by Crippen LogP contribution is -2.06. The average Bonchev–Trinajstić information content (AvgIpc) is 2.96. The fourth-order valence-electron chi connectivity index (χ4n) is 2.13. The number of aromatic nitrogens is 4. The van der Waals surface area contributed by atoms with E-state index in [1.165, 1.54) is 0 Å². The van der Waals surface area contributed by atoms with E-state index in [0.717, 1.165) is 48.8 Å². The molecule has 2 heterocycles. The number of hydrogen-bond acceptors (Lipinski definition) is 3. The van der Waals surface area contributed by atoms with Crippen LogP contribution in [0.3, 0.4) is 0 Å². The zero-order chi connectivity index (χ0) is 13.1. The van der Waals surface area contributed by atoms with Crippen LogP contribution >= 0.6 is 0 Å². The molecular weight excluding hydrogens is 226 g/mol. The number of rotatable bonds is 5. The summed E-state index contributed by atoms with van der Waals surface area (Å²) in [6.07, 6.45) is 5.78. The molecule has 0 aromatic carbocycles. The van der Waals surface area contributed by atoms with E-state index in [2.05, 4.69) is 35.4 Å². The van der Waals surface area contributed by atoms with E-state index in [1.807, 2.05) is 17.1 Å². The summed E-state index contributed by atoms with van der Waals surface area (Å²) in [5.41, 5.74) is 8.07. The number of nitrogens with two attached hydrogens (primary N) is 1. The highest BCUT2D eigenvalue weighted by Crippen LogP contribution is 2.26. The van der Waals surface area contributed by atoms with Gasteiger partial charge >= 0.3 is 0 Å². The monoisotopic (exact) mass is 247 g/mol. The first-order valence-corrected chi connectivity index (χ1v) is 6.58. The number of hydrogen-bond donors (Lipinski definition) is 1. The van der Waals surface area contributed by atoms with Gasteiger partial charge in [0.2, 0.25) is 0 Å². The molecule has 0 atom stereocenters. The molecule has 98 valence electrons. The summed E-state index contributed by atoms with van der Waals surface area (Å²) in [5, 5.41) is 4.27. The van der Waals surface area contributed by atoms with Crippen molar-refractivity contribution in [3.63, 3.8) is 0 Å².